The molecule has 64 valence electrons. The van der Waals surface area contributed by atoms with E-state index in [-0.39, 0.29) is 5.84 Å². The lowest BCUT2D eigenvalue weighted by Crippen LogP contribution is -2.12. The highest BCUT2D eigenvalue weighted by Crippen LogP contribution is 2.12. The van der Waals surface area contributed by atoms with Crippen molar-refractivity contribution >= 4 is 5.84 Å². The summed E-state index contributed by atoms with van der Waals surface area (Å²) in [7, 11) is 0. The van der Waals surface area contributed by atoms with Gasteiger partial charge in [-0.05, 0) is 17.5 Å². The quantitative estimate of drug-likeness (QED) is 0.512. The van der Waals surface area contributed by atoms with E-state index in [9.17, 15) is 0 Å². The van der Waals surface area contributed by atoms with Gasteiger partial charge >= 0.3 is 0 Å². The summed E-state index contributed by atoms with van der Waals surface area (Å²) < 4.78 is 0. The fraction of sp³-hybridized carbons (Fsp3) is 0.333. The molecule has 3 heteroatoms. The molecule has 12 heavy (non-hydrogen) atoms. The van der Waals surface area contributed by atoms with Crippen LogP contribution in [-0.2, 0) is 0 Å². The summed E-state index contributed by atoms with van der Waals surface area (Å²) in [5, 5.41) is 7.13. The number of hydrogen-bond acceptors (Lipinski definition) is 2. The van der Waals surface area contributed by atoms with Crippen LogP contribution in [0.15, 0.2) is 18.3 Å². The number of rotatable bonds is 2. The zero-order chi connectivity index (χ0) is 9.14. The Morgan fingerprint density at radius 1 is 1.50 bits per heavy atom. The lowest BCUT2D eigenvalue weighted by Gasteiger charge is -2.04. The highest BCUT2D eigenvalue weighted by Gasteiger charge is 2.00. The lowest BCUT2D eigenvalue weighted by molar-refractivity contribution is 0.857. The molecule has 0 aliphatic rings. The Kier molecular flexibility index (Phi) is 2.43. The van der Waals surface area contributed by atoms with E-state index in [1.54, 1.807) is 12.3 Å². The molecule has 0 aromatic carbocycles. The zero-order valence-corrected chi connectivity index (χ0v) is 7.33. The summed E-state index contributed by atoms with van der Waals surface area (Å²) in [6.45, 7) is 4.20. The van der Waals surface area contributed by atoms with Crippen molar-refractivity contribution in [1.82, 2.24) is 4.98 Å². The predicted octanol–water partition coefficient (Wildman–Crippen LogP) is 1.49. The molecule has 1 aromatic rings. The number of nitrogen functional groups attached to an aromatic ring is 1. The molecule has 0 saturated carbocycles. The van der Waals surface area contributed by atoms with Crippen LogP contribution in [0.3, 0.4) is 0 Å². The number of nitrogens with zero attached hydrogens (tertiary/aromatic N) is 1. The van der Waals surface area contributed by atoms with Gasteiger partial charge in [0.2, 0.25) is 0 Å². The van der Waals surface area contributed by atoms with Crippen LogP contribution < -0.4 is 5.73 Å². The highest BCUT2D eigenvalue weighted by molar-refractivity contribution is 5.92. The topological polar surface area (TPSA) is 62.8 Å². The molecule has 0 aliphatic heterocycles. The largest absolute Gasteiger partial charge is 0.382 e. The van der Waals surface area contributed by atoms with Gasteiger partial charge in [0.15, 0.2) is 0 Å². The lowest BCUT2D eigenvalue weighted by atomic mass is 10.1. The van der Waals surface area contributed by atoms with Crippen LogP contribution in [0.4, 0.5) is 0 Å². The van der Waals surface area contributed by atoms with Crippen LogP contribution >= 0.6 is 0 Å². The third-order valence-electron chi connectivity index (χ3n) is 1.73. The Balaban J connectivity index is 2.93. The van der Waals surface area contributed by atoms with Gasteiger partial charge in [0, 0.05) is 6.20 Å². The second-order valence-corrected chi connectivity index (χ2v) is 3.05. The van der Waals surface area contributed by atoms with Gasteiger partial charge in [-0.3, -0.25) is 10.4 Å². The predicted molar refractivity (Wildman–Crippen MR) is 49.3 cm³/mol. The van der Waals surface area contributed by atoms with Crippen LogP contribution in [0.2, 0.25) is 0 Å². The van der Waals surface area contributed by atoms with Gasteiger partial charge in [-0.15, -0.1) is 0 Å². The molecule has 0 atom stereocenters. The number of amidine groups is 1. The molecule has 0 aliphatic carbocycles. The molecular weight excluding hydrogens is 150 g/mol. The molecule has 0 spiro atoms. The van der Waals surface area contributed by atoms with Crippen molar-refractivity contribution in [3.63, 3.8) is 0 Å². The minimum Gasteiger partial charge on any atom is -0.382 e. The van der Waals surface area contributed by atoms with Gasteiger partial charge in [0.25, 0.3) is 0 Å². The van der Waals surface area contributed by atoms with Crippen LogP contribution in [-0.4, -0.2) is 10.8 Å². The normalized spacial score (nSPS) is 10.2. The minimum atomic E-state index is 0.0188. The fourth-order valence-electron chi connectivity index (χ4n) is 0.906. The van der Waals surface area contributed by atoms with Crippen molar-refractivity contribution in [2.75, 3.05) is 0 Å². The van der Waals surface area contributed by atoms with Crippen molar-refractivity contribution < 1.29 is 0 Å². The van der Waals surface area contributed by atoms with Gasteiger partial charge in [-0.2, -0.15) is 0 Å². The van der Waals surface area contributed by atoms with E-state index in [0.717, 1.165) is 0 Å². The molecule has 0 bridgehead atoms. The molecule has 3 N–H and O–H groups in total. The van der Waals surface area contributed by atoms with Gasteiger partial charge in [-0.25, -0.2) is 0 Å². The summed E-state index contributed by atoms with van der Waals surface area (Å²) in [5.74, 6) is 0.490. The fourth-order valence-corrected chi connectivity index (χ4v) is 0.906. The molecular formula is C9H13N3. The van der Waals surface area contributed by atoms with Crippen molar-refractivity contribution in [1.29, 1.82) is 5.41 Å². The van der Waals surface area contributed by atoms with Gasteiger partial charge in [0.1, 0.15) is 11.5 Å². The third kappa shape index (κ3) is 1.81. The molecule has 0 amide bonds. The van der Waals surface area contributed by atoms with Crippen LogP contribution in [0, 0.1) is 5.41 Å². The number of hydrogen-bond donors (Lipinski definition) is 2. The molecule has 0 fully saturated rings. The van der Waals surface area contributed by atoms with Crippen molar-refractivity contribution in [2.24, 2.45) is 5.73 Å². The van der Waals surface area contributed by atoms with Crippen molar-refractivity contribution in [2.45, 2.75) is 19.8 Å². The van der Waals surface area contributed by atoms with Gasteiger partial charge in [-0.1, -0.05) is 19.9 Å². The van der Waals surface area contributed by atoms with E-state index in [0.29, 0.717) is 11.6 Å². The van der Waals surface area contributed by atoms with E-state index < -0.39 is 0 Å². The Labute approximate surface area is 72.1 Å². The number of pyridine rings is 1. The monoisotopic (exact) mass is 163 g/mol. The Morgan fingerprint density at radius 3 is 2.50 bits per heavy atom. The Bertz CT molecular complexity index is 274. The molecule has 1 rings (SSSR count). The first-order chi connectivity index (χ1) is 5.61. The first kappa shape index (κ1) is 8.71. The molecule has 3 nitrogen and oxygen atoms in total. The number of nitrogens with one attached hydrogen (secondary N) is 1. The molecule has 1 heterocycles. The van der Waals surface area contributed by atoms with Gasteiger partial charge < -0.3 is 5.73 Å². The Morgan fingerprint density at radius 2 is 2.17 bits per heavy atom. The summed E-state index contributed by atoms with van der Waals surface area (Å²) in [6.07, 6.45) is 1.77. The minimum absolute atomic E-state index is 0.0188. The maximum absolute atomic E-state index is 7.13. The van der Waals surface area contributed by atoms with E-state index in [2.05, 4.69) is 18.8 Å². The molecule has 0 saturated heterocycles. The average Bonchev–Trinajstić information content (AvgIpc) is 2.04. The number of aromatic nitrogens is 1. The standard InChI is InChI=1S/C9H13N3/c1-6(2)7-3-4-8(9(10)11)12-5-7/h3-6H,1-2H3,(H3,10,11). The molecule has 0 radical (unpaired) electrons. The SMILES string of the molecule is CC(C)c1ccc(C(=N)N)nc1. The van der Waals surface area contributed by atoms with Crippen LogP contribution in [0.5, 0.6) is 0 Å². The summed E-state index contributed by atoms with van der Waals surface area (Å²) in [5.41, 5.74) is 6.97. The first-order valence-corrected chi connectivity index (χ1v) is 3.91. The van der Waals surface area contributed by atoms with E-state index in [1.165, 1.54) is 5.56 Å². The second kappa shape index (κ2) is 3.34. The van der Waals surface area contributed by atoms with Crippen LogP contribution in [0.1, 0.15) is 31.0 Å². The maximum atomic E-state index is 7.13. The average molecular weight is 163 g/mol. The van der Waals surface area contributed by atoms with E-state index in [4.69, 9.17) is 11.1 Å². The molecule has 1 aromatic heterocycles. The molecule has 0 unspecified atom stereocenters. The number of nitrogens with two attached hydrogens (primary N) is 1. The second-order valence-electron chi connectivity index (χ2n) is 3.05. The van der Waals surface area contributed by atoms with E-state index >= 15 is 0 Å². The van der Waals surface area contributed by atoms with Crippen LogP contribution in [0.25, 0.3) is 0 Å². The Hall–Kier alpha value is -1.38. The zero-order valence-electron chi connectivity index (χ0n) is 7.33. The van der Waals surface area contributed by atoms with Crippen molar-refractivity contribution in [3.05, 3.63) is 29.6 Å². The van der Waals surface area contributed by atoms with Gasteiger partial charge in [0.05, 0.1) is 0 Å². The summed E-state index contributed by atoms with van der Waals surface area (Å²) >= 11 is 0. The highest BCUT2D eigenvalue weighted by atomic mass is 14.8. The third-order valence-corrected chi connectivity index (χ3v) is 1.73. The van der Waals surface area contributed by atoms with E-state index in [1.807, 2.05) is 6.07 Å². The smallest absolute Gasteiger partial charge is 0.141 e. The summed E-state index contributed by atoms with van der Waals surface area (Å²) in [4.78, 5) is 4.05. The van der Waals surface area contributed by atoms with Crippen molar-refractivity contribution in [3.8, 4) is 0 Å². The maximum Gasteiger partial charge on any atom is 0.141 e. The summed E-state index contributed by atoms with van der Waals surface area (Å²) in [6, 6.07) is 3.73. The first-order valence-electron chi connectivity index (χ1n) is 3.91.